The number of sulfonamides is 1. The number of hydrogen-bond acceptors (Lipinski definition) is 6. The highest BCUT2D eigenvalue weighted by atomic mass is 32.2. The van der Waals surface area contributed by atoms with Crippen LogP contribution in [0.1, 0.15) is 24.7 Å². The molecule has 1 fully saturated rings. The highest BCUT2D eigenvalue weighted by Gasteiger charge is 2.33. The van der Waals surface area contributed by atoms with Gasteiger partial charge in [-0.05, 0) is 42.5 Å². The van der Waals surface area contributed by atoms with Crippen molar-refractivity contribution in [3.63, 3.8) is 0 Å². The Bertz CT molecular complexity index is 1350. The normalized spacial score (nSPS) is 17.8. The van der Waals surface area contributed by atoms with E-state index in [1.54, 1.807) is 6.20 Å². The Kier molecular flexibility index (Phi) is 4.99. The van der Waals surface area contributed by atoms with Crippen LogP contribution in [-0.4, -0.2) is 41.0 Å². The molecule has 1 saturated heterocycles. The first kappa shape index (κ1) is 19.8. The molecule has 3 heterocycles. The molecule has 0 bridgehead atoms. The van der Waals surface area contributed by atoms with Gasteiger partial charge in [0.1, 0.15) is 11.5 Å². The molecule has 0 saturated carbocycles. The lowest BCUT2D eigenvalue weighted by molar-refractivity contribution is 0.286. The molecule has 31 heavy (non-hydrogen) atoms. The quantitative estimate of drug-likeness (QED) is 0.479. The average molecular weight is 438 g/mol. The molecule has 2 aromatic heterocycles. The highest BCUT2D eigenvalue weighted by Crippen LogP contribution is 2.32. The van der Waals surface area contributed by atoms with Gasteiger partial charge in [-0.3, -0.25) is 4.98 Å². The summed E-state index contributed by atoms with van der Waals surface area (Å²) in [5.74, 6) is -0.145. The van der Waals surface area contributed by atoms with Crippen LogP contribution in [-0.2, 0) is 10.0 Å². The third kappa shape index (κ3) is 3.70. The second-order valence-corrected chi connectivity index (χ2v) is 9.42. The van der Waals surface area contributed by atoms with Gasteiger partial charge in [0.15, 0.2) is 0 Å². The van der Waals surface area contributed by atoms with Gasteiger partial charge in [-0.25, -0.2) is 12.8 Å². The predicted molar refractivity (Wildman–Crippen MR) is 112 cm³/mol. The molecule has 1 atom stereocenters. The highest BCUT2D eigenvalue weighted by molar-refractivity contribution is 7.89. The van der Waals surface area contributed by atoms with Crippen molar-refractivity contribution in [1.82, 2.24) is 19.5 Å². The van der Waals surface area contributed by atoms with E-state index in [0.29, 0.717) is 30.4 Å². The Labute approximate surface area is 178 Å². The Hall–Kier alpha value is -3.17. The smallest absolute Gasteiger partial charge is 0.266 e. The van der Waals surface area contributed by atoms with Crippen molar-refractivity contribution in [2.24, 2.45) is 0 Å². The first-order chi connectivity index (χ1) is 15.0. The summed E-state index contributed by atoms with van der Waals surface area (Å²) in [4.78, 5) is 4.34. The lowest BCUT2D eigenvalue weighted by Crippen LogP contribution is -2.39. The Morgan fingerprint density at radius 3 is 2.81 bits per heavy atom. The molecule has 0 aliphatic carbocycles. The van der Waals surface area contributed by atoms with Crippen LogP contribution in [0, 0.1) is 5.82 Å². The van der Waals surface area contributed by atoms with Gasteiger partial charge in [-0.1, -0.05) is 30.3 Å². The number of aromatic nitrogens is 3. The lowest BCUT2D eigenvalue weighted by atomic mass is 10.00. The summed E-state index contributed by atoms with van der Waals surface area (Å²) in [5.41, 5.74) is 0.594. The number of halogens is 1. The minimum atomic E-state index is -3.81. The van der Waals surface area contributed by atoms with E-state index in [9.17, 15) is 12.8 Å². The zero-order chi connectivity index (χ0) is 21.4. The Morgan fingerprint density at radius 1 is 1.06 bits per heavy atom. The first-order valence-corrected chi connectivity index (χ1v) is 11.4. The van der Waals surface area contributed by atoms with E-state index in [1.165, 1.54) is 22.5 Å². The van der Waals surface area contributed by atoms with Crippen molar-refractivity contribution in [2.45, 2.75) is 23.7 Å². The first-order valence-electron chi connectivity index (χ1n) is 9.95. The molecule has 0 spiro atoms. The largest absolute Gasteiger partial charge is 0.419 e. The van der Waals surface area contributed by atoms with Gasteiger partial charge in [0, 0.05) is 24.7 Å². The van der Waals surface area contributed by atoms with Gasteiger partial charge in [-0.2, -0.15) is 4.31 Å². The number of rotatable bonds is 4. The number of benzene rings is 2. The summed E-state index contributed by atoms with van der Waals surface area (Å²) in [5, 5.41) is 10.3. The van der Waals surface area contributed by atoms with E-state index in [-0.39, 0.29) is 17.4 Å². The number of piperidine rings is 1. The van der Waals surface area contributed by atoms with Crippen LogP contribution < -0.4 is 0 Å². The zero-order valence-electron chi connectivity index (χ0n) is 16.5. The van der Waals surface area contributed by atoms with Gasteiger partial charge in [0.2, 0.25) is 15.9 Å². The van der Waals surface area contributed by atoms with E-state index in [1.807, 2.05) is 30.3 Å². The molecule has 0 amide bonds. The van der Waals surface area contributed by atoms with Crippen LogP contribution >= 0.6 is 0 Å². The maximum absolute atomic E-state index is 13.6. The molecule has 0 N–H and O–H groups in total. The van der Waals surface area contributed by atoms with E-state index in [4.69, 9.17) is 4.42 Å². The fraction of sp³-hybridized carbons (Fsp3) is 0.227. The second kappa shape index (κ2) is 7.82. The van der Waals surface area contributed by atoms with Gasteiger partial charge in [0.05, 0.1) is 10.8 Å². The molecular weight excluding hydrogens is 419 g/mol. The minimum Gasteiger partial charge on any atom is -0.419 e. The van der Waals surface area contributed by atoms with E-state index in [2.05, 4.69) is 15.2 Å². The van der Waals surface area contributed by atoms with Gasteiger partial charge < -0.3 is 4.42 Å². The number of hydrogen-bond donors (Lipinski definition) is 0. The molecule has 1 aliphatic heterocycles. The molecule has 7 nitrogen and oxygen atoms in total. The average Bonchev–Trinajstić information content (AvgIpc) is 3.29. The number of fused-ring (bicyclic) bond motifs is 1. The summed E-state index contributed by atoms with van der Waals surface area (Å²) in [6, 6.07) is 14.7. The van der Waals surface area contributed by atoms with Crippen LogP contribution in [0.2, 0.25) is 0 Å². The van der Waals surface area contributed by atoms with Crippen molar-refractivity contribution in [1.29, 1.82) is 0 Å². The molecule has 0 unspecified atom stereocenters. The number of nitrogens with zero attached hydrogens (tertiary/aromatic N) is 4. The van der Waals surface area contributed by atoms with Gasteiger partial charge in [-0.15, -0.1) is 10.2 Å². The summed E-state index contributed by atoms with van der Waals surface area (Å²) >= 11 is 0. The predicted octanol–water partition coefficient (Wildman–Crippen LogP) is 3.99. The Balaban J connectivity index is 1.42. The van der Waals surface area contributed by atoms with Crippen LogP contribution in [0.25, 0.3) is 22.4 Å². The van der Waals surface area contributed by atoms with Crippen LogP contribution in [0.15, 0.2) is 70.1 Å². The monoisotopic (exact) mass is 438 g/mol. The summed E-state index contributed by atoms with van der Waals surface area (Å²) < 4.78 is 46.8. The van der Waals surface area contributed by atoms with E-state index >= 15 is 0 Å². The van der Waals surface area contributed by atoms with Crippen LogP contribution in [0.5, 0.6) is 0 Å². The molecule has 9 heteroatoms. The summed E-state index contributed by atoms with van der Waals surface area (Å²) in [7, 11) is -3.81. The standard InChI is InChI=1S/C22H19FN4O3S/c23-17-7-3-8-18(13-17)31(28,29)27-12-4-6-16(14-27)21-25-26-22(30-21)20-19-9-2-1-5-15(19)10-11-24-20/h1-3,5,7-11,13,16H,4,6,12,14H2/t16-/m1/s1. The third-order valence-electron chi connectivity index (χ3n) is 5.48. The molecule has 0 radical (unpaired) electrons. The summed E-state index contributed by atoms with van der Waals surface area (Å²) in [6.45, 7) is 0.560. The molecular formula is C22H19FN4O3S. The van der Waals surface area contributed by atoms with Crippen molar-refractivity contribution >= 4 is 20.8 Å². The van der Waals surface area contributed by atoms with Crippen molar-refractivity contribution in [2.75, 3.05) is 13.1 Å². The SMILES string of the molecule is O=S(=O)(c1cccc(F)c1)N1CCC[C@@H](c2nnc(-c3nccc4ccccc34)o2)C1. The van der Waals surface area contributed by atoms with E-state index < -0.39 is 15.8 Å². The van der Waals surface area contributed by atoms with Crippen molar-refractivity contribution in [3.8, 4) is 11.6 Å². The van der Waals surface area contributed by atoms with Crippen molar-refractivity contribution < 1.29 is 17.2 Å². The minimum absolute atomic E-state index is 0.0562. The molecule has 1 aliphatic rings. The molecule has 2 aromatic carbocycles. The summed E-state index contributed by atoms with van der Waals surface area (Å²) in [6.07, 6.45) is 3.05. The van der Waals surface area contributed by atoms with Crippen molar-refractivity contribution in [3.05, 3.63) is 72.5 Å². The van der Waals surface area contributed by atoms with Gasteiger partial charge in [0.25, 0.3) is 5.89 Å². The van der Waals surface area contributed by atoms with E-state index in [0.717, 1.165) is 23.3 Å². The molecule has 158 valence electrons. The Morgan fingerprint density at radius 2 is 1.94 bits per heavy atom. The number of pyridine rings is 1. The van der Waals surface area contributed by atoms with Gasteiger partial charge >= 0.3 is 0 Å². The fourth-order valence-corrected chi connectivity index (χ4v) is 5.48. The molecule has 4 aromatic rings. The lowest BCUT2D eigenvalue weighted by Gasteiger charge is -2.30. The molecule has 5 rings (SSSR count). The second-order valence-electron chi connectivity index (χ2n) is 7.49. The maximum Gasteiger partial charge on any atom is 0.266 e. The maximum atomic E-state index is 13.6. The van der Waals surface area contributed by atoms with Crippen LogP contribution in [0.4, 0.5) is 4.39 Å². The zero-order valence-corrected chi connectivity index (χ0v) is 17.3. The fourth-order valence-electron chi connectivity index (χ4n) is 3.92. The topological polar surface area (TPSA) is 89.2 Å². The third-order valence-corrected chi connectivity index (χ3v) is 7.35. The van der Waals surface area contributed by atoms with Crippen LogP contribution in [0.3, 0.4) is 0 Å².